The SMILES string of the molecule is Cn1ccnc1C[C@]1(c2ccc(Cl)cc2)OC[C@H](COS(C)(=O)=O)O1. The first kappa shape index (κ1) is 18.3. The van der Waals surface area contributed by atoms with E-state index >= 15 is 0 Å². The van der Waals surface area contributed by atoms with Gasteiger partial charge in [-0.05, 0) is 12.1 Å². The average molecular weight is 387 g/mol. The molecule has 2 heterocycles. The second-order valence-corrected chi connectivity index (χ2v) is 8.01. The second-order valence-electron chi connectivity index (χ2n) is 5.93. The molecular formula is C16H19ClN2O5S. The van der Waals surface area contributed by atoms with Crippen LogP contribution in [0.4, 0.5) is 0 Å². The van der Waals surface area contributed by atoms with E-state index in [4.69, 9.17) is 25.3 Å². The van der Waals surface area contributed by atoms with E-state index in [1.165, 1.54) is 0 Å². The predicted molar refractivity (Wildman–Crippen MR) is 91.7 cm³/mol. The first-order valence-corrected chi connectivity index (χ1v) is 9.85. The maximum Gasteiger partial charge on any atom is 0.264 e. The molecule has 9 heteroatoms. The molecule has 2 aromatic rings. The molecule has 0 spiro atoms. The van der Waals surface area contributed by atoms with Gasteiger partial charge >= 0.3 is 0 Å². The van der Waals surface area contributed by atoms with E-state index in [0.717, 1.165) is 17.6 Å². The monoisotopic (exact) mass is 386 g/mol. The van der Waals surface area contributed by atoms with Gasteiger partial charge in [-0.2, -0.15) is 8.42 Å². The summed E-state index contributed by atoms with van der Waals surface area (Å²) in [5, 5.41) is 0.603. The van der Waals surface area contributed by atoms with E-state index in [-0.39, 0.29) is 13.2 Å². The first-order valence-electron chi connectivity index (χ1n) is 7.66. The van der Waals surface area contributed by atoms with Crippen LogP contribution in [0.5, 0.6) is 0 Å². The molecule has 0 amide bonds. The lowest BCUT2D eigenvalue weighted by Crippen LogP contribution is -2.33. The van der Waals surface area contributed by atoms with Crippen molar-refractivity contribution in [3.63, 3.8) is 0 Å². The highest BCUT2D eigenvalue weighted by atomic mass is 35.5. The molecule has 0 unspecified atom stereocenters. The maximum absolute atomic E-state index is 11.2. The Kier molecular flexibility index (Phi) is 5.17. The van der Waals surface area contributed by atoms with Crippen LogP contribution in [0.3, 0.4) is 0 Å². The topological polar surface area (TPSA) is 79.7 Å². The highest BCUT2D eigenvalue weighted by molar-refractivity contribution is 7.85. The number of rotatable bonds is 6. The molecule has 3 rings (SSSR count). The third-order valence-electron chi connectivity index (χ3n) is 3.92. The number of halogens is 1. The highest BCUT2D eigenvalue weighted by Gasteiger charge is 2.44. The van der Waals surface area contributed by atoms with Crippen molar-refractivity contribution in [1.29, 1.82) is 0 Å². The lowest BCUT2D eigenvalue weighted by Gasteiger charge is -2.28. The summed E-state index contributed by atoms with van der Waals surface area (Å²) in [4.78, 5) is 4.33. The van der Waals surface area contributed by atoms with Crippen LogP contribution in [0.1, 0.15) is 11.4 Å². The van der Waals surface area contributed by atoms with Crippen LogP contribution >= 0.6 is 11.6 Å². The summed E-state index contributed by atoms with van der Waals surface area (Å²) in [6.07, 6.45) is 4.40. The van der Waals surface area contributed by atoms with E-state index in [1.807, 2.05) is 29.9 Å². The zero-order valence-electron chi connectivity index (χ0n) is 13.9. The predicted octanol–water partition coefficient (Wildman–Crippen LogP) is 1.86. The maximum atomic E-state index is 11.2. The number of ether oxygens (including phenoxy) is 2. The number of hydrogen-bond acceptors (Lipinski definition) is 6. The van der Waals surface area contributed by atoms with Crippen LogP contribution in [0.15, 0.2) is 36.7 Å². The normalized spacial score (nSPS) is 23.9. The van der Waals surface area contributed by atoms with Crippen LogP contribution in [-0.2, 0) is 43.0 Å². The summed E-state index contributed by atoms with van der Waals surface area (Å²) in [6.45, 7) is 0.108. The standard InChI is InChI=1S/C16H19ClN2O5S/c1-19-8-7-18-15(19)9-16(12-3-5-13(17)6-4-12)22-10-14(24-16)11-23-25(2,20)21/h3-8,14H,9-11H2,1-2H3/t14-,16+/m1/s1. The van der Waals surface area contributed by atoms with Gasteiger partial charge in [-0.15, -0.1) is 0 Å². The fourth-order valence-corrected chi connectivity index (χ4v) is 3.20. The molecule has 1 aliphatic rings. The first-order chi connectivity index (χ1) is 11.8. The number of imidazole rings is 1. The smallest absolute Gasteiger partial charge is 0.264 e. The van der Waals surface area contributed by atoms with Crippen molar-refractivity contribution in [2.75, 3.05) is 19.5 Å². The van der Waals surface area contributed by atoms with Crippen molar-refractivity contribution >= 4 is 21.7 Å². The average Bonchev–Trinajstić information content (AvgIpc) is 3.13. The third kappa shape index (κ3) is 4.39. The lowest BCUT2D eigenvalue weighted by molar-refractivity contribution is -0.179. The molecule has 1 aromatic carbocycles. The summed E-state index contributed by atoms with van der Waals surface area (Å²) in [5.74, 6) is -0.297. The molecule has 1 aromatic heterocycles. The van der Waals surface area contributed by atoms with Crippen LogP contribution in [0.25, 0.3) is 0 Å². The van der Waals surface area contributed by atoms with Gasteiger partial charge in [-0.25, -0.2) is 4.98 Å². The summed E-state index contributed by atoms with van der Waals surface area (Å²) < 4.78 is 41.2. The van der Waals surface area contributed by atoms with Gasteiger partial charge in [0.15, 0.2) is 0 Å². The molecule has 25 heavy (non-hydrogen) atoms. The van der Waals surface area contributed by atoms with Gasteiger partial charge in [-0.1, -0.05) is 23.7 Å². The quantitative estimate of drug-likeness (QED) is 0.705. The number of hydrogen-bond donors (Lipinski definition) is 0. The molecule has 0 bridgehead atoms. The minimum atomic E-state index is -3.55. The fourth-order valence-electron chi connectivity index (χ4n) is 2.67. The number of benzene rings is 1. The highest BCUT2D eigenvalue weighted by Crippen LogP contribution is 2.37. The summed E-state index contributed by atoms with van der Waals surface area (Å²) in [5.41, 5.74) is 0.779. The Hall–Kier alpha value is -1.45. The van der Waals surface area contributed by atoms with Gasteiger partial charge in [-0.3, -0.25) is 4.18 Å². The van der Waals surface area contributed by atoms with Crippen molar-refractivity contribution in [2.24, 2.45) is 7.05 Å². The minimum absolute atomic E-state index is 0.102. The third-order valence-corrected chi connectivity index (χ3v) is 4.74. The molecule has 2 atom stereocenters. The van der Waals surface area contributed by atoms with Crippen LogP contribution in [0.2, 0.25) is 5.02 Å². The van der Waals surface area contributed by atoms with E-state index in [0.29, 0.717) is 11.4 Å². The van der Waals surface area contributed by atoms with Crippen molar-refractivity contribution in [3.8, 4) is 0 Å². The molecule has 1 aliphatic heterocycles. The number of nitrogens with zero attached hydrogens (tertiary/aromatic N) is 2. The van der Waals surface area contributed by atoms with Gasteiger partial charge < -0.3 is 14.0 Å². The molecule has 0 aliphatic carbocycles. The Labute approximate surface area is 151 Å². The number of aryl methyl sites for hydroxylation is 1. The van der Waals surface area contributed by atoms with Gasteiger partial charge in [0.2, 0.25) is 5.79 Å². The molecule has 136 valence electrons. The summed E-state index contributed by atoms with van der Waals surface area (Å²) >= 11 is 5.98. The lowest BCUT2D eigenvalue weighted by atomic mass is 10.0. The van der Waals surface area contributed by atoms with Crippen molar-refractivity contribution in [1.82, 2.24) is 9.55 Å². The molecular weight excluding hydrogens is 368 g/mol. The Morgan fingerprint density at radius 2 is 2.12 bits per heavy atom. The van der Waals surface area contributed by atoms with Crippen molar-refractivity contribution in [3.05, 3.63) is 53.1 Å². The zero-order chi connectivity index (χ0) is 18.1. The van der Waals surface area contributed by atoms with Crippen LogP contribution < -0.4 is 0 Å². The van der Waals surface area contributed by atoms with Gasteiger partial charge in [0.1, 0.15) is 11.9 Å². The van der Waals surface area contributed by atoms with Crippen LogP contribution in [0, 0.1) is 0 Å². The fraction of sp³-hybridized carbons (Fsp3) is 0.438. The minimum Gasteiger partial charge on any atom is -0.343 e. The van der Waals surface area contributed by atoms with E-state index in [9.17, 15) is 8.42 Å². The van der Waals surface area contributed by atoms with Gasteiger partial charge in [0.05, 0.1) is 25.9 Å². The summed E-state index contributed by atoms with van der Waals surface area (Å²) in [7, 11) is -1.66. The van der Waals surface area contributed by atoms with E-state index < -0.39 is 22.0 Å². The van der Waals surface area contributed by atoms with Gasteiger partial charge in [0.25, 0.3) is 10.1 Å². The van der Waals surface area contributed by atoms with Crippen molar-refractivity contribution in [2.45, 2.75) is 18.3 Å². The van der Waals surface area contributed by atoms with Gasteiger partial charge in [0, 0.05) is 30.0 Å². The van der Waals surface area contributed by atoms with Crippen LogP contribution in [-0.4, -0.2) is 43.5 Å². The Balaban J connectivity index is 1.86. The summed E-state index contributed by atoms with van der Waals surface area (Å²) in [6, 6.07) is 7.16. The Bertz CT molecular complexity index is 836. The van der Waals surface area contributed by atoms with Crippen molar-refractivity contribution < 1.29 is 22.1 Å². The Morgan fingerprint density at radius 1 is 1.40 bits per heavy atom. The molecule has 1 saturated heterocycles. The Morgan fingerprint density at radius 3 is 2.72 bits per heavy atom. The second kappa shape index (κ2) is 7.05. The largest absolute Gasteiger partial charge is 0.343 e. The molecule has 7 nitrogen and oxygen atoms in total. The molecule has 1 fully saturated rings. The molecule has 0 saturated carbocycles. The van der Waals surface area contributed by atoms with E-state index in [1.54, 1.807) is 18.3 Å². The molecule has 0 radical (unpaired) electrons. The zero-order valence-corrected chi connectivity index (χ0v) is 15.5. The van der Waals surface area contributed by atoms with E-state index in [2.05, 4.69) is 4.98 Å². The number of aromatic nitrogens is 2. The molecule has 0 N–H and O–H groups in total.